The summed E-state index contributed by atoms with van der Waals surface area (Å²) in [7, 11) is 0. The number of urea groups is 1. The summed E-state index contributed by atoms with van der Waals surface area (Å²) in [6, 6.07) is 1.43. The van der Waals surface area contributed by atoms with E-state index in [0.717, 1.165) is 46.0 Å². The number of hydrogen-bond acceptors (Lipinski definition) is 5. The first-order valence-electron chi connectivity index (χ1n) is 8.18. The average molecular weight is 393 g/mol. The molecule has 3 aromatic heterocycles. The molecule has 1 fully saturated rings. The summed E-state index contributed by atoms with van der Waals surface area (Å²) in [5, 5.41) is 5.98. The molecule has 2 N–H and O–H groups in total. The molecule has 10 heteroatoms. The van der Waals surface area contributed by atoms with Gasteiger partial charge >= 0.3 is 12.2 Å². The third-order valence-corrected chi connectivity index (χ3v) is 4.99. The van der Waals surface area contributed by atoms with Gasteiger partial charge in [0.2, 0.25) is 0 Å². The van der Waals surface area contributed by atoms with E-state index in [9.17, 15) is 18.0 Å². The Labute approximate surface area is 155 Å². The lowest BCUT2D eigenvalue weighted by atomic mass is 10.1. The van der Waals surface area contributed by atoms with E-state index in [-0.39, 0.29) is 5.69 Å². The Kier molecular flexibility index (Phi) is 4.22. The van der Waals surface area contributed by atoms with Gasteiger partial charge in [-0.1, -0.05) is 11.3 Å². The van der Waals surface area contributed by atoms with Crippen molar-refractivity contribution in [2.75, 3.05) is 10.6 Å². The topological polar surface area (TPSA) is 79.8 Å². The van der Waals surface area contributed by atoms with Crippen molar-refractivity contribution in [2.24, 2.45) is 0 Å². The van der Waals surface area contributed by atoms with Gasteiger partial charge in [-0.15, -0.1) is 0 Å². The highest BCUT2D eigenvalue weighted by atomic mass is 32.1. The van der Waals surface area contributed by atoms with Crippen molar-refractivity contribution in [3.8, 4) is 0 Å². The molecule has 1 saturated carbocycles. The second-order valence-corrected chi connectivity index (χ2v) is 7.43. The number of halogens is 3. The zero-order valence-electron chi connectivity index (χ0n) is 14.1. The molecule has 0 bridgehead atoms. The van der Waals surface area contributed by atoms with Crippen molar-refractivity contribution >= 4 is 39.1 Å². The van der Waals surface area contributed by atoms with E-state index in [0.29, 0.717) is 11.6 Å². The van der Waals surface area contributed by atoms with E-state index in [4.69, 9.17) is 0 Å². The molecule has 4 rings (SSSR count). The smallest absolute Gasteiger partial charge is 0.308 e. The lowest BCUT2D eigenvalue weighted by Crippen LogP contribution is -2.21. The first kappa shape index (κ1) is 17.7. The Morgan fingerprint density at radius 3 is 2.74 bits per heavy atom. The summed E-state index contributed by atoms with van der Waals surface area (Å²) in [5.41, 5.74) is 1.17. The minimum atomic E-state index is -4.58. The second kappa shape index (κ2) is 6.45. The SMILES string of the molecule is Cc1nc2c(C3CC3)c(NC(=O)Nc3ccnc(C(F)(F)F)c3)cnc2s1. The summed E-state index contributed by atoms with van der Waals surface area (Å²) in [6.07, 6.45) is 0.00190. The lowest BCUT2D eigenvalue weighted by molar-refractivity contribution is -0.141. The van der Waals surface area contributed by atoms with E-state index in [1.807, 2.05) is 6.92 Å². The molecular weight excluding hydrogens is 379 g/mol. The number of rotatable bonds is 3. The number of aryl methyl sites for hydroxylation is 1. The number of hydrogen-bond donors (Lipinski definition) is 2. The molecule has 3 heterocycles. The van der Waals surface area contributed by atoms with Crippen molar-refractivity contribution in [1.82, 2.24) is 15.0 Å². The van der Waals surface area contributed by atoms with Gasteiger partial charge in [-0.05, 0) is 37.8 Å². The van der Waals surface area contributed by atoms with Gasteiger partial charge in [0.1, 0.15) is 16.0 Å². The van der Waals surface area contributed by atoms with Gasteiger partial charge in [-0.25, -0.2) is 14.8 Å². The number of amides is 2. The maximum atomic E-state index is 12.7. The van der Waals surface area contributed by atoms with E-state index in [2.05, 4.69) is 25.6 Å². The van der Waals surface area contributed by atoms with Crippen LogP contribution in [0.25, 0.3) is 10.3 Å². The molecule has 1 aliphatic carbocycles. The number of carbonyl (C=O) groups excluding carboxylic acids is 1. The van der Waals surface area contributed by atoms with Crippen molar-refractivity contribution in [3.63, 3.8) is 0 Å². The highest BCUT2D eigenvalue weighted by Crippen LogP contribution is 2.46. The van der Waals surface area contributed by atoms with Crippen LogP contribution in [0, 0.1) is 6.92 Å². The fourth-order valence-corrected chi connectivity index (χ4v) is 3.61. The highest BCUT2D eigenvalue weighted by Gasteiger charge is 2.33. The van der Waals surface area contributed by atoms with Crippen LogP contribution in [0.15, 0.2) is 24.5 Å². The predicted molar refractivity (Wildman–Crippen MR) is 96.0 cm³/mol. The molecule has 1 aliphatic rings. The number of pyridine rings is 2. The molecule has 0 aliphatic heterocycles. The number of aromatic nitrogens is 3. The van der Waals surface area contributed by atoms with Crippen LogP contribution >= 0.6 is 11.3 Å². The Balaban J connectivity index is 1.58. The summed E-state index contributed by atoms with van der Waals surface area (Å²) >= 11 is 1.48. The first-order valence-corrected chi connectivity index (χ1v) is 9.00. The monoisotopic (exact) mass is 393 g/mol. The quantitative estimate of drug-likeness (QED) is 0.661. The molecule has 0 saturated heterocycles. The number of carbonyl (C=O) groups is 1. The van der Waals surface area contributed by atoms with Crippen LogP contribution < -0.4 is 10.6 Å². The van der Waals surface area contributed by atoms with Crippen LogP contribution in [0.4, 0.5) is 29.3 Å². The van der Waals surface area contributed by atoms with Crippen LogP contribution in [0.2, 0.25) is 0 Å². The summed E-state index contributed by atoms with van der Waals surface area (Å²) < 4.78 is 38.2. The van der Waals surface area contributed by atoms with Gasteiger partial charge in [0, 0.05) is 17.4 Å². The molecule has 6 nitrogen and oxygen atoms in total. The molecule has 2 amide bonds. The van der Waals surface area contributed by atoms with E-state index >= 15 is 0 Å². The second-order valence-electron chi connectivity index (χ2n) is 6.25. The molecule has 0 spiro atoms. The first-order chi connectivity index (χ1) is 12.8. The maximum Gasteiger partial charge on any atom is 0.433 e. The van der Waals surface area contributed by atoms with E-state index < -0.39 is 17.9 Å². The highest BCUT2D eigenvalue weighted by molar-refractivity contribution is 7.18. The summed E-state index contributed by atoms with van der Waals surface area (Å²) in [5.74, 6) is 0.310. The molecule has 27 heavy (non-hydrogen) atoms. The van der Waals surface area contributed by atoms with Crippen LogP contribution in [-0.2, 0) is 6.18 Å². The Bertz CT molecular complexity index is 1030. The van der Waals surface area contributed by atoms with Crippen molar-refractivity contribution in [2.45, 2.75) is 31.9 Å². The number of alkyl halides is 3. The average Bonchev–Trinajstić information content (AvgIpc) is 3.34. The Morgan fingerprint density at radius 1 is 1.26 bits per heavy atom. The molecule has 0 atom stereocenters. The van der Waals surface area contributed by atoms with Crippen LogP contribution in [-0.4, -0.2) is 21.0 Å². The van der Waals surface area contributed by atoms with Crippen molar-refractivity contribution in [1.29, 1.82) is 0 Å². The third kappa shape index (κ3) is 3.70. The van der Waals surface area contributed by atoms with Gasteiger partial charge in [0.25, 0.3) is 0 Å². The largest absolute Gasteiger partial charge is 0.433 e. The standard InChI is InChI=1S/C17H14F3N5OS/c1-8-23-14-13(9-2-3-9)11(7-22-15(14)27-8)25-16(26)24-10-4-5-21-12(6-10)17(18,19)20/h4-7,9H,2-3H2,1H3,(H2,21,24,25,26). The third-order valence-electron chi connectivity index (χ3n) is 4.11. The van der Waals surface area contributed by atoms with Crippen molar-refractivity contribution in [3.05, 3.63) is 40.8 Å². The molecule has 0 aromatic carbocycles. The molecule has 140 valence electrons. The number of thiazole rings is 1. The number of fused-ring (bicyclic) bond motifs is 1. The fraction of sp³-hybridized carbons (Fsp3) is 0.294. The molecule has 0 unspecified atom stereocenters. The minimum Gasteiger partial charge on any atom is -0.308 e. The lowest BCUT2D eigenvalue weighted by Gasteiger charge is -2.12. The number of nitrogens with zero attached hydrogens (tertiary/aromatic N) is 3. The van der Waals surface area contributed by atoms with Gasteiger partial charge in [-0.3, -0.25) is 4.98 Å². The van der Waals surface area contributed by atoms with Crippen LogP contribution in [0.3, 0.4) is 0 Å². The molecule has 0 radical (unpaired) electrons. The minimum absolute atomic E-state index is 0.00124. The zero-order chi connectivity index (χ0) is 19.2. The molecule has 3 aromatic rings. The van der Waals surface area contributed by atoms with Gasteiger partial charge in [-0.2, -0.15) is 13.2 Å². The number of nitrogens with one attached hydrogen (secondary N) is 2. The Morgan fingerprint density at radius 2 is 2.04 bits per heavy atom. The summed E-state index contributed by atoms with van der Waals surface area (Å²) in [4.78, 5) is 25.2. The number of anilines is 2. The van der Waals surface area contributed by atoms with Crippen LogP contribution in [0.1, 0.15) is 35.0 Å². The van der Waals surface area contributed by atoms with Gasteiger partial charge < -0.3 is 10.6 Å². The Hall–Kier alpha value is -2.75. The van der Waals surface area contributed by atoms with Gasteiger partial charge in [0.05, 0.1) is 16.9 Å². The maximum absolute atomic E-state index is 12.7. The van der Waals surface area contributed by atoms with E-state index in [1.54, 1.807) is 6.20 Å². The van der Waals surface area contributed by atoms with Gasteiger partial charge in [0.15, 0.2) is 0 Å². The van der Waals surface area contributed by atoms with Crippen molar-refractivity contribution < 1.29 is 18.0 Å². The summed E-state index contributed by atoms with van der Waals surface area (Å²) in [6.45, 7) is 1.89. The normalized spacial score (nSPS) is 14.4. The fourth-order valence-electron chi connectivity index (χ4n) is 2.83. The van der Waals surface area contributed by atoms with Crippen LogP contribution in [0.5, 0.6) is 0 Å². The molecular formula is C17H14F3N5OS. The zero-order valence-corrected chi connectivity index (χ0v) is 14.9. The predicted octanol–water partition coefficient (Wildman–Crippen LogP) is 4.93. The van der Waals surface area contributed by atoms with E-state index in [1.165, 1.54) is 17.4 Å².